The summed E-state index contributed by atoms with van der Waals surface area (Å²) in [6.45, 7) is 0. The van der Waals surface area contributed by atoms with Crippen molar-refractivity contribution in [1.82, 2.24) is 9.97 Å². The second kappa shape index (κ2) is 5.01. The molecule has 0 aliphatic rings. The number of hydrogen-bond acceptors (Lipinski definition) is 6. The van der Waals surface area contributed by atoms with E-state index in [0.29, 0.717) is 22.7 Å². The molecule has 0 aliphatic carbocycles. The zero-order chi connectivity index (χ0) is 13.0. The molecule has 0 unspecified atom stereocenters. The Morgan fingerprint density at radius 2 is 1.83 bits per heavy atom. The van der Waals surface area contributed by atoms with Gasteiger partial charge in [0.15, 0.2) is 0 Å². The molecule has 0 bridgehead atoms. The fourth-order valence-electron chi connectivity index (χ4n) is 1.30. The summed E-state index contributed by atoms with van der Waals surface area (Å²) < 4.78 is 10.5. The molecule has 2 rings (SSSR count). The van der Waals surface area contributed by atoms with Crippen molar-refractivity contribution in [3.05, 3.63) is 36.2 Å². The first-order valence-electron chi connectivity index (χ1n) is 5.06. The van der Waals surface area contributed by atoms with Gasteiger partial charge in [-0.1, -0.05) is 0 Å². The number of nitrogens with two attached hydrogens (primary N) is 1. The van der Waals surface area contributed by atoms with E-state index < -0.39 is 0 Å². The van der Waals surface area contributed by atoms with Crippen LogP contribution in [0.2, 0.25) is 0 Å². The second-order valence-electron chi connectivity index (χ2n) is 3.41. The largest absolute Gasteiger partial charge is 0.497 e. The lowest BCUT2D eigenvalue weighted by Crippen LogP contribution is -1.95. The summed E-state index contributed by atoms with van der Waals surface area (Å²) in [4.78, 5) is 7.80. The topological polar surface area (TPSA) is 94.0 Å². The van der Waals surface area contributed by atoms with Crippen LogP contribution >= 0.6 is 0 Å². The van der Waals surface area contributed by atoms with Crippen molar-refractivity contribution in [2.24, 2.45) is 0 Å². The molecule has 2 N–H and O–H groups in total. The van der Waals surface area contributed by atoms with E-state index in [2.05, 4.69) is 9.97 Å². The van der Waals surface area contributed by atoms with Gasteiger partial charge in [0.1, 0.15) is 11.5 Å². The number of nitriles is 1. The van der Waals surface area contributed by atoms with Crippen molar-refractivity contribution in [2.75, 3.05) is 12.8 Å². The average Bonchev–Trinajstić information content (AvgIpc) is 2.41. The Morgan fingerprint density at radius 3 is 2.44 bits per heavy atom. The third-order valence-electron chi connectivity index (χ3n) is 2.10. The Labute approximate surface area is 104 Å². The van der Waals surface area contributed by atoms with Crippen LogP contribution in [0.4, 0.5) is 5.69 Å². The number of nitrogens with zero attached hydrogens (tertiary/aromatic N) is 3. The number of rotatable bonds is 3. The van der Waals surface area contributed by atoms with E-state index in [1.807, 2.05) is 6.07 Å². The lowest BCUT2D eigenvalue weighted by molar-refractivity contribution is 0.404. The zero-order valence-corrected chi connectivity index (χ0v) is 9.62. The fraction of sp³-hybridized carbons (Fsp3) is 0.0833. The van der Waals surface area contributed by atoms with E-state index in [4.69, 9.17) is 20.5 Å². The molecule has 1 aromatic heterocycles. The molecule has 90 valence electrons. The van der Waals surface area contributed by atoms with Crippen LogP contribution in [-0.4, -0.2) is 17.1 Å². The van der Waals surface area contributed by atoms with Crippen molar-refractivity contribution >= 4 is 5.69 Å². The minimum atomic E-state index is 0.154. The van der Waals surface area contributed by atoms with Gasteiger partial charge in [-0.05, 0) is 12.1 Å². The third-order valence-corrected chi connectivity index (χ3v) is 2.10. The third kappa shape index (κ3) is 2.65. The second-order valence-corrected chi connectivity index (χ2v) is 3.41. The van der Waals surface area contributed by atoms with E-state index in [1.54, 1.807) is 18.2 Å². The molecule has 0 radical (unpaired) electrons. The van der Waals surface area contributed by atoms with E-state index >= 15 is 0 Å². The Morgan fingerprint density at radius 1 is 1.17 bits per heavy atom. The minimum Gasteiger partial charge on any atom is -0.497 e. The maximum absolute atomic E-state index is 8.88. The maximum Gasteiger partial charge on any atom is 0.322 e. The SMILES string of the molecule is COc1cc(C#N)cc(Oc2ncc(N)cn2)c1. The van der Waals surface area contributed by atoms with Crippen molar-refractivity contribution in [1.29, 1.82) is 5.26 Å². The number of benzene rings is 1. The highest BCUT2D eigenvalue weighted by atomic mass is 16.5. The van der Waals surface area contributed by atoms with Gasteiger partial charge in [-0.25, -0.2) is 9.97 Å². The molecule has 6 nitrogen and oxygen atoms in total. The minimum absolute atomic E-state index is 0.154. The summed E-state index contributed by atoms with van der Waals surface area (Å²) in [6, 6.07) is 6.99. The molecule has 0 fully saturated rings. The number of anilines is 1. The molecule has 0 spiro atoms. The van der Waals surface area contributed by atoms with E-state index in [0.717, 1.165) is 0 Å². The van der Waals surface area contributed by atoms with Crippen LogP contribution < -0.4 is 15.2 Å². The number of methoxy groups -OCH3 is 1. The summed E-state index contributed by atoms with van der Waals surface area (Å²) in [5.41, 5.74) is 6.35. The van der Waals surface area contributed by atoms with Crippen LogP contribution in [0.3, 0.4) is 0 Å². The predicted octanol–water partition coefficient (Wildman–Crippen LogP) is 1.73. The highest BCUT2D eigenvalue weighted by Crippen LogP contribution is 2.25. The summed E-state index contributed by atoms with van der Waals surface area (Å²) in [5, 5.41) is 8.88. The van der Waals surface area contributed by atoms with Crippen molar-refractivity contribution in [2.45, 2.75) is 0 Å². The van der Waals surface area contributed by atoms with Gasteiger partial charge in [0.05, 0.1) is 36.8 Å². The Hall–Kier alpha value is -2.81. The number of aromatic nitrogens is 2. The lowest BCUT2D eigenvalue weighted by Gasteiger charge is -2.06. The molecular weight excluding hydrogens is 232 g/mol. The Balaban J connectivity index is 2.28. The van der Waals surface area contributed by atoms with Gasteiger partial charge in [0.25, 0.3) is 0 Å². The average molecular weight is 242 g/mol. The summed E-state index contributed by atoms with van der Waals surface area (Å²) in [5.74, 6) is 0.954. The van der Waals surface area contributed by atoms with Gasteiger partial charge >= 0.3 is 6.01 Å². The normalized spacial score (nSPS) is 9.56. The van der Waals surface area contributed by atoms with Gasteiger partial charge in [-0.2, -0.15) is 5.26 Å². The van der Waals surface area contributed by atoms with Crippen molar-refractivity contribution in [3.63, 3.8) is 0 Å². The molecule has 2 aromatic rings. The smallest absolute Gasteiger partial charge is 0.322 e. The standard InChI is InChI=1S/C12H10N4O2/c1-17-10-2-8(5-13)3-11(4-10)18-12-15-6-9(14)7-16-12/h2-4,6-7H,14H2,1H3. The Bertz CT molecular complexity index is 590. The summed E-state index contributed by atoms with van der Waals surface area (Å²) in [6.07, 6.45) is 2.88. The van der Waals surface area contributed by atoms with Gasteiger partial charge in [0, 0.05) is 6.07 Å². The lowest BCUT2D eigenvalue weighted by atomic mass is 10.2. The monoisotopic (exact) mass is 242 g/mol. The molecule has 0 saturated carbocycles. The van der Waals surface area contributed by atoms with Gasteiger partial charge in [-0.15, -0.1) is 0 Å². The molecule has 0 saturated heterocycles. The first-order valence-corrected chi connectivity index (χ1v) is 5.06. The first-order chi connectivity index (χ1) is 8.71. The van der Waals surface area contributed by atoms with Gasteiger partial charge in [0.2, 0.25) is 0 Å². The fourth-order valence-corrected chi connectivity index (χ4v) is 1.30. The first kappa shape index (κ1) is 11.7. The molecule has 18 heavy (non-hydrogen) atoms. The molecular formula is C12H10N4O2. The van der Waals surface area contributed by atoms with E-state index in [1.165, 1.54) is 19.5 Å². The van der Waals surface area contributed by atoms with Crippen molar-refractivity contribution in [3.8, 4) is 23.6 Å². The zero-order valence-electron chi connectivity index (χ0n) is 9.62. The maximum atomic E-state index is 8.88. The van der Waals surface area contributed by atoms with Crippen LogP contribution in [0.15, 0.2) is 30.6 Å². The van der Waals surface area contributed by atoms with E-state index in [-0.39, 0.29) is 6.01 Å². The molecule has 1 aromatic carbocycles. The van der Waals surface area contributed by atoms with Crippen LogP contribution in [-0.2, 0) is 0 Å². The molecule has 0 atom stereocenters. The molecule has 1 heterocycles. The summed E-state index contributed by atoms with van der Waals surface area (Å²) in [7, 11) is 1.51. The quantitative estimate of drug-likeness (QED) is 0.880. The van der Waals surface area contributed by atoms with E-state index in [9.17, 15) is 0 Å². The molecule has 0 aliphatic heterocycles. The van der Waals surface area contributed by atoms with Crippen LogP contribution in [0, 0.1) is 11.3 Å². The number of ether oxygens (including phenoxy) is 2. The van der Waals surface area contributed by atoms with Crippen molar-refractivity contribution < 1.29 is 9.47 Å². The predicted molar refractivity (Wildman–Crippen MR) is 64.2 cm³/mol. The molecule has 0 amide bonds. The summed E-state index contributed by atoms with van der Waals surface area (Å²) >= 11 is 0. The highest BCUT2D eigenvalue weighted by Gasteiger charge is 2.05. The van der Waals surface area contributed by atoms with Gasteiger partial charge < -0.3 is 15.2 Å². The van der Waals surface area contributed by atoms with Crippen LogP contribution in [0.5, 0.6) is 17.5 Å². The Kier molecular flexibility index (Phi) is 3.25. The number of nitrogen functional groups attached to an aromatic ring is 1. The van der Waals surface area contributed by atoms with Crippen LogP contribution in [0.25, 0.3) is 0 Å². The highest BCUT2D eigenvalue weighted by molar-refractivity contribution is 5.44. The number of hydrogen-bond donors (Lipinski definition) is 1. The van der Waals surface area contributed by atoms with Gasteiger partial charge in [-0.3, -0.25) is 0 Å². The molecule has 6 heteroatoms. The van der Waals surface area contributed by atoms with Crippen LogP contribution in [0.1, 0.15) is 5.56 Å².